The van der Waals surface area contributed by atoms with Gasteiger partial charge in [0.15, 0.2) is 0 Å². The monoisotopic (exact) mass is 267 g/mol. The van der Waals surface area contributed by atoms with Gasteiger partial charge in [0.05, 0.1) is 18.2 Å². The Labute approximate surface area is 118 Å². The number of hydrogen-bond acceptors (Lipinski definition) is 3. The standard InChI is InChI=1S/C16H17N3O/c1-11-7-12(10-17-9-11)18-14-8-16(20)19(2)15-6-4-3-5-13(14)15/h3-7,9-10,14,18H,8H2,1-2H3. The average molecular weight is 267 g/mol. The summed E-state index contributed by atoms with van der Waals surface area (Å²) >= 11 is 0. The predicted octanol–water partition coefficient (Wildman–Crippen LogP) is 2.91. The number of rotatable bonds is 2. The van der Waals surface area contributed by atoms with Crippen molar-refractivity contribution in [2.24, 2.45) is 0 Å². The van der Waals surface area contributed by atoms with Crippen LogP contribution in [-0.4, -0.2) is 17.9 Å². The van der Waals surface area contributed by atoms with Gasteiger partial charge >= 0.3 is 0 Å². The molecular weight excluding hydrogens is 250 g/mol. The van der Waals surface area contributed by atoms with Gasteiger partial charge in [-0.15, -0.1) is 0 Å². The van der Waals surface area contributed by atoms with Gasteiger partial charge < -0.3 is 10.2 Å². The average Bonchev–Trinajstić information content (AvgIpc) is 2.45. The first kappa shape index (κ1) is 12.7. The molecule has 1 N–H and O–H groups in total. The zero-order chi connectivity index (χ0) is 14.1. The van der Waals surface area contributed by atoms with Gasteiger partial charge in [0, 0.05) is 25.1 Å². The smallest absolute Gasteiger partial charge is 0.229 e. The van der Waals surface area contributed by atoms with Crippen LogP contribution in [0.2, 0.25) is 0 Å². The number of amides is 1. The molecule has 0 bridgehead atoms. The van der Waals surface area contributed by atoms with E-state index in [1.54, 1.807) is 11.1 Å². The molecule has 0 aliphatic carbocycles. The Morgan fingerprint density at radius 3 is 2.90 bits per heavy atom. The fourth-order valence-corrected chi connectivity index (χ4v) is 2.61. The Kier molecular flexibility index (Phi) is 3.14. The summed E-state index contributed by atoms with van der Waals surface area (Å²) in [6, 6.07) is 10.1. The van der Waals surface area contributed by atoms with Crippen molar-refractivity contribution in [2.45, 2.75) is 19.4 Å². The molecule has 102 valence electrons. The number of anilines is 2. The van der Waals surface area contributed by atoms with Crippen molar-refractivity contribution in [2.75, 3.05) is 17.3 Å². The summed E-state index contributed by atoms with van der Waals surface area (Å²) < 4.78 is 0. The summed E-state index contributed by atoms with van der Waals surface area (Å²) in [5, 5.41) is 3.42. The maximum absolute atomic E-state index is 12.1. The highest BCUT2D eigenvalue weighted by Crippen LogP contribution is 2.35. The van der Waals surface area contributed by atoms with E-state index in [9.17, 15) is 4.79 Å². The molecule has 1 unspecified atom stereocenters. The molecule has 4 heteroatoms. The molecular formula is C16H17N3O. The third-order valence-electron chi connectivity index (χ3n) is 3.64. The highest BCUT2D eigenvalue weighted by Gasteiger charge is 2.28. The molecule has 1 aliphatic heterocycles. The van der Waals surface area contributed by atoms with Crippen LogP contribution < -0.4 is 10.2 Å². The summed E-state index contributed by atoms with van der Waals surface area (Å²) in [6.45, 7) is 2.01. The van der Waals surface area contributed by atoms with E-state index in [2.05, 4.69) is 16.4 Å². The minimum atomic E-state index is -0.00139. The predicted molar refractivity (Wildman–Crippen MR) is 79.8 cm³/mol. The van der Waals surface area contributed by atoms with E-state index in [0.717, 1.165) is 22.5 Å². The molecule has 1 aromatic carbocycles. The van der Waals surface area contributed by atoms with Gasteiger partial charge in [0.25, 0.3) is 0 Å². The second-order valence-electron chi connectivity index (χ2n) is 5.16. The van der Waals surface area contributed by atoms with E-state index in [4.69, 9.17) is 0 Å². The van der Waals surface area contributed by atoms with Crippen LogP contribution in [0, 0.1) is 6.92 Å². The first-order valence-electron chi connectivity index (χ1n) is 6.69. The number of aryl methyl sites for hydroxylation is 1. The zero-order valence-corrected chi connectivity index (χ0v) is 11.6. The van der Waals surface area contributed by atoms with Gasteiger partial charge in [-0.2, -0.15) is 0 Å². The molecule has 0 saturated heterocycles. The van der Waals surface area contributed by atoms with Crippen LogP contribution in [0.1, 0.15) is 23.6 Å². The van der Waals surface area contributed by atoms with Crippen LogP contribution in [0.5, 0.6) is 0 Å². The van der Waals surface area contributed by atoms with Crippen molar-refractivity contribution < 1.29 is 4.79 Å². The lowest BCUT2D eigenvalue weighted by molar-refractivity contribution is -0.118. The maximum atomic E-state index is 12.1. The van der Waals surface area contributed by atoms with Crippen LogP contribution in [-0.2, 0) is 4.79 Å². The molecule has 0 spiro atoms. The molecule has 4 nitrogen and oxygen atoms in total. The number of hydrogen-bond donors (Lipinski definition) is 1. The summed E-state index contributed by atoms with van der Waals surface area (Å²) in [5.41, 5.74) is 4.17. The van der Waals surface area contributed by atoms with E-state index in [0.29, 0.717) is 6.42 Å². The Morgan fingerprint density at radius 1 is 1.30 bits per heavy atom. The number of benzene rings is 1. The molecule has 2 heterocycles. The van der Waals surface area contributed by atoms with Gasteiger partial charge in [-0.05, 0) is 30.2 Å². The van der Waals surface area contributed by atoms with E-state index in [1.807, 2.05) is 44.4 Å². The lowest BCUT2D eigenvalue weighted by Crippen LogP contribution is -2.35. The van der Waals surface area contributed by atoms with Crippen molar-refractivity contribution >= 4 is 17.3 Å². The summed E-state index contributed by atoms with van der Waals surface area (Å²) in [4.78, 5) is 18.0. The van der Waals surface area contributed by atoms with Crippen LogP contribution in [0.15, 0.2) is 42.7 Å². The van der Waals surface area contributed by atoms with E-state index in [1.165, 1.54) is 0 Å². The molecule has 1 atom stereocenters. The summed E-state index contributed by atoms with van der Waals surface area (Å²) in [5.74, 6) is 0.127. The van der Waals surface area contributed by atoms with Gasteiger partial charge in [0.1, 0.15) is 0 Å². The Bertz CT molecular complexity index is 654. The number of fused-ring (bicyclic) bond motifs is 1. The van der Waals surface area contributed by atoms with Gasteiger partial charge in [-0.1, -0.05) is 18.2 Å². The second-order valence-corrected chi connectivity index (χ2v) is 5.16. The Hall–Kier alpha value is -2.36. The number of pyridine rings is 1. The fraction of sp³-hybridized carbons (Fsp3) is 0.250. The molecule has 0 saturated carbocycles. The first-order valence-corrected chi connectivity index (χ1v) is 6.69. The summed E-state index contributed by atoms with van der Waals surface area (Å²) in [6.07, 6.45) is 4.07. The lowest BCUT2D eigenvalue weighted by atomic mass is 9.96. The molecule has 1 amide bonds. The molecule has 1 aromatic heterocycles. The maximum Gasteiger partial charge on any atom is 0.229 e. The number of para-hydroxylation sites is 1. The van der Waals surface area contributed by atoms with Crippen molar-refractivity contribution in [1.29, 1.82) is 0 Å². The van der Waals surface area contributed by atoms with Crippen molar-refractivity contribution in [3.63, 3.8) is 0 Å². The lowest BCUT2D eigenvalue weighted by Gasteiger charge is -2.32. The number of nitrogens with zero attached hydrogens (tertiary/aromatic N) is 2. The molecule has 2 aromatic rings. The van der Waals surface area contributed by atoms with E-state index < -0.39 is 0 Å². The van der Waals surface area contributed by atoms with Gasteiger partial charge in [0.2, 0.25) is 5.91 Å². The van der Waals surface area contributed by atoms with Crippen molar-refractivity contribution in [1.82, 2.24) is 4.98 Å². The molecule has 0 fully saturated rings. The third-order valence-corrected chi connectivity index (χ3v) is 3.64. The van der Waals surface area contributed by atoms with Crippen LogP contribution in [0.4, 0.5) is 11.4 Å². The molecule has 0 radical (unpaired) electrons. The zero-order valence-electron chi connectivity index (χ0n) is 11.6. The highest BCUT2D eigenvalue weighted by atomic mass is 16.2. The number of carbonyl (C=O) groups excluding carboxylic acids is 1. The first-order chi connectivity index (χ1) is 9.65. The largest absolute Gasteiger partial charge is 0.376 e. The summed E-state index contributed by atoms with van der Waals surface area (Å²) in [7, 11) is 1.83. The highest BCUT2D eigenvalue weighted by molar-refractivity contribution is 5.97. The van der Waals surface area contributed by atoms with Crippen LogP contribution in [0.25, 0.3) is 0 Å². The normalized spacial score (nSPS) is 17.8. The van der Waals surface area contributed by atoms with E-state index >= 15 is 0 Å². The Balaban J connectivity index is 1.94. The number of nitrogens with one attached hydrogen (secondary N) is 1. The quantitative estimate of drug-likeness (QED) is 0.910. The van der Waals surface area contributed by atoms with Gasteiger partial charge in [-0.25, -0.2) is 0 Å². The number of carbonyl (C=O) groups is 1. The van der Waals surface area contributed by atoms with Crippen LogP contribution >= 0.6 is 0 Å². The van der Waals surface area contributed by atoms with Gasteiger partial charge in [-0.3, -0.25) is 9.78 Å². The molecule has 1 aliphatic rings. The number of aromatic nitrogens is 1. The second kappa shape index (κ2) is 4.96. The Morgan fingerprint density at radius 2 is 2.10 bits per heavy atom. The SMILES string of the molecule is Cc1cncc(NC2CC(=O)N(C)c3ccccc32)c1. The molecule has 3 rings (SSSR count). The minimum Gasteiger partial charge on any atom is -0.376 e. The van der Waals surface area contributed by atoms with Crippen molar-refractivity contribution in [3.8, 4) is 0 Å². The topological polar surface area (TPSA) is 45.2 Å². The molecule has 20 heavy (non-hydrogen) atoms. The fourth-order valence-electron chi connectivity index (χ4n) is 2.61. The van der Waals surface area contributed by atoms with Crippen LogP contribution in [0.3, 0.4) is 0 Å². The minimum absolute atomic E-state index is 0.00139. The van der Waals surface area contributed by atoms with Crippen molar-refractivity contribution in [3.05, 3.63) is 53.9 Å². The third kappa shape index (κ3) is 2.25. The van der Waals surface area contributed by atoms with E-state index in [-0.39, 0.29) is 11.9 Å².